The number of benzene rings is 1. The molecule has 8 nitrogen and oxygen atoms in total. The standard InChI is InChI=1S/C18H23N5O3/c1-12(2)26-18(25)14-7-5-6-13(10-14)17-20-22-23(21-17)11-16(24)19-15-8-3-4-9-15/h5-7,10,12,15H,3-4,8-9,11H2,1-2H3,(H,19,24). The van der Waals surface area contributed by atoms with E-state index in [0.717, 1.165) is 25.7 Å². The zero-order valence-electron chi connectivity index (χ0n) is 15.0. The molecule has 1 saturated carbocycles. The highest BCUT2D eigenvalue weighted by atomic mass is 16.5. The summed E-state index contributed by atoms with van der Waals surface area (Å²) in [5, 5.41) is 15.1. The number of aromatic nitrogens is 4. The zero-order chi connectivity index (χ0) is 18.5. The molecule has 0 spiro atoms. The number of carbonyl (C=O) groups is 2. The summed E-state index contributed by atoms with van der Waals surface area (Å²) >= 11 is 0. The van der Waals surface area contributed by atoms with Crippen molar-refractivity contribution in [2.45, 2.75) is 58.2 Å². The lowest BCUT2D eigenvalue weighted by atomic mass is 10.1. The van der Waals surface area contributed by atoms with E-state index in [1.165, 1.54) is 4.80 Å². The number of hydrogen-bond acceptors (Lipinski definition) is 6. The molecule has 26 heavy (non-hydrogen) atoms. The first-order valence-electron chi connectivity index (χ1n) is 8.90. The van der Waals surface area contributed by atoms with Gasteiger partial charge in [0.25, 0.3) is 0 Å². The summed E-state index contributed by atoms with van der Waals surface area (Å²) in [4.78, 5) is 25.3. The number of tetrazole rings is 1. The first-order chi connectivity index (χ1) is 12.5. The Hall–Kier alpha value is -2.77. The number of amides is 1. The Morgan fingerprint density at radius 3 is 2.81 bits per heavy atom. The fourth-order valence-corrected chi connectivity index (χ4v) is 2.97. The minimum Gasteiger partial charge on any atom is -0.459 e. The molecule has 2 aromatic rings. The minimum absolute atomic E-state index is 0.0264. The normalized spacial score (nSPS) is 14.6. The minimum atomic E-state index is -0.398. The molecule has 0 saturated heterocycles. The molecule has 1 aromatic carbocycles. The highest BCUT2D eigenvalue weighted by Gasteiger charge is 2.18. The quantitative estimate of drug-likeness (QED) is 0.794. The van der Waals surface area contributed by atoms with Gasteiger partial charge in [0.05, 0.1) is 11.7 Å². The molecule has 1 aromatic heterocycles. The third-order valence-corrected chi connectivity index (χ3v) is 4.16. The summed E-state index contributed by atoms with van der Waals surface area (Å²) in [6, 6.07) is 7.11. The summed E-state index contributed by atoms with van der Waals surface area (Å²) in [5.74, 6) is -0.154. The highest BCUT2D eigenvalue weighted by Crippen LogP contribution is 2.18. The smallest absolute Gasteiger partial charge is 0.338 e. The highest BCUT2D eigenvalue weighted by molar-refractivity contribution is 5.90. The van der Waals surface area contributed by atoms with Gasteiger partial charge in [-0.05, 0) is 44.0 Å². The fourth-order valence-electron chi connectivity index (χ4n) is 2.97. The second kappa shape index (κ2) is 8.07. The molecular weight excluding hydrogens is 334 g/mol. The van der Waals surface area contributed by atoms with Crippen LogP contribution in [0.25, 0.3) is 11.4 Å². The summed E-state index contributed by atoms with van der Waals surface area (Å²) in [7, 11) is 0. The number of esters is 1. The number of hydrogen-bond donors (Lipinski definition) is 1. The Morgan fingerprint density at radius 2 is 2.08 bits per heavy atom. The van der Waals surface area contributed by atoms with Crippen molar-refractivity contribution in [3.63, 3.8) is 0 Å². The molecule has 0 atom stereocenters. The van der Waals surface area contributed by atoms with E-state index in [4.69, 9.17) is 4.74 Å². The van der Waals surface area contributed by atoms with Crippen molar-refractivity contribution in [1.29, 1.82) is 0 Å². The van der Waals surface area contributed by atoms with Crippen LogP contribution in [0.4, 0.5) is 0 Å². The van der Waals surface area contributed by atoms with Gasteiger partial charge in [-0.3, -0.25) is 4.79 Å². The third kappa shape index (κ3) is 4.65. The van der Waals surface area contributed by atoms with Crippen LogP contribution >= 0.6 is 0 Å². The van der Waals surface area contributed by atoms with Gasteiger partial charge in [0.2, 0.25) is 11.7 Å². The van der Waals surface area contributed by atoms with Crippen molar-refractivity contribution >= 4 is 11.9 Å². The molecule has 138 valence electrons. The van der Waals surface area contributed by atoms with Crippen LogP contribution in [0.15, 0.2) is 24.3 Å². The van der Waals surface area contributed by atoms with E-state index in [2.05, 4.69) is 20.7 Å². The summed E-state index contributed by atoms with van der Waals surface area (Å²) in [6.45, 7) is 3.62. The van der Waals surface area contributed by atoms with Gasteiger partial charge in [-0.1, -0.05) is 25.0 Å². The lowest BCUT2D eigenvalue weighted by Crippen LogP contribution is -2.35. The molecule has 0 bridgehead atoms. The van der Waals surface area contributed by atoms with Crippen molar-refractivity contribution in [3.8, 4) is 11.4 Å². The van der Waals surface area contributed by atoms with Gasteiger partial charge in [-0.2, -0.15) is 4.80 Å². The Labute approximate surface area is 151 Å². The average molecular weight is 357 g/mol. The SMILES string of the molecule is CC(C)OC(=O)c1cccc(-c2nnn(CC(=O)NC3CCCC3)n2)c1. The molecule has 1 N–H and O–H groups in total. The fraction of sp³-hybridized carbons (Fsp3) is 0.500. The molecule has 1 amide bonds. The van der Waals surface area contributed by atoms with Crippen LogP contribution in [0.1, 0.15) is 49.9 Å². The van der Waals surface area contributed by atoms with E-state index in [-0.39, 0.29) is 24.6 Å². The van der Waals surface area contributed by atoms with Crippen LogP contribution in [0.3, 0.4) is 0 Å². The third-order valence-electron chi connectivity index (χ3n) is 4.16. The van der Waals surface area contributed by atoms with Crippen molar-refractivity contribution < 1.29 is 14.3 Å². The number of rotatable bonds is 6. The van der Waals surface area contributed by atoms with E-state index in [0.29, 0.717) is 17.0 Å². The van der Waals surface area contributed by atoms with Crippen LogP contribution < -0.4 is 5.32 Å². The summed E-state index contributed by atoms with van der Waals surface area (Å²) < 4.78 is 5.19. The average Bonchev–Trinajstić information content (AvgIpc) is 3.26. The van der Waals surface area contributed by atoms with E-state index < -0.39 is 5.97 Å². The molecule has 0 radical (unpaired) electrons. The lowest BCUT2D eigenvalue weighted by Gasteiger charge is -2.10. The van der Waals surface area contributed by atoms with E-state index >= 15 is 0 Å². The molecule has 8 heteroatoms. The second-order valence-corrected chi connectivity index (χ2v) is 6.73. The maximum Gasteiger partial charge on any atom is 0.338 e. The van der Waals surface area contributed by atoms with Gasteiger partial charge >= 0.3 is 5.97 Å². The van der Waals surface area contributed by atoms with Gasteiger partial charge in [0.15, 0.2) is 0 Å². The Morgan fingerprint density at radius 1 is 1.31 bits per heavy atom. The monoisotopic (exact) mass is 357 g/mol. The molecule has 1 aliphatic carbocycles. The van der Waals surface area contributed by atoms with Crippen molar-refractivity contribution in [2.24, 2.45) is 0 Å². The van der Waals surface area contributed by atoms with E-state index in [9.17, 15) is 9.59 Å². The van der Waals surface area contributed by atoms with Crippen LogP contribution in [-0.4, -0.2) is 44.2 Å². The van der Waals surface area contributed by atoms with Gasteiger partial charge in [-0.15, -0.1) is 10.2 Å². The second-order valence-electron chi connectivity index (χ2n) is 6.73. The van der Waals surface area contributed by atoms with Crippen molar-refractivity contribution in [1.82, 2.24) is 25.5 Å². The van der Waals surface area contributed by atoms with Crippen LogP contribution in [0.5, 0.6) is 0 Å². The van der Waals surface area contributed by atoms with E-state index in [1.807, 2.05) is 0 Å². The first kappa shape index (κ1) is 18.0. The predicted molar refractivity (Wildman–Crippen MR) is 94.2 cm³/mol. The van der Waals surface area contributed by atoms with Gasteiger partial charge in [0, 0.05) is 11.6 Å². The molecular formula is C18H23N5O3. The van der Waals surface area contributed by atoms with Crippen molar-refractivity contribution in [2.75, 3.05) is 0 Å². The van der Waals surface area contributed by atoms with Crippen molar-refractivity contribution in [3.05, 3.63) is 29.8 Å². The molecule has 0 aliphatic heterocycles. The first-order valence-corrected chi connectivity index (χ1v) is 8.90. The van der Waals surface area contributed by atoms with Gasteiger partial charge in [0.1, 0.15) is 6.54 Å². The van der Waals surface area contributed by atoms with E-state index in [1.54, 1.807) is 38.1 Å². The molecule has 1 heterocycles. The predicted octanol–water partition coefficient (Wildman–Crippen LogP) is 1.96. The zero-order valence-corrected chi connectivity index (χ0v) is 15.0. The molecule has 1 fully saturated rings. The van der Waals surface area contributed by atoms with Crippen LogP contribution in [0.2, 0.25) is 0 Å². The molecule has 3 rings (SSSR count). The Bertz CT molecular complexity index is 781. The van der Waals surface area contributed by atoms with Gasteiger partial charge in [-0.25, -0.2) is 4.79 Å². The maximum atomic E-state index is 12.1. The largest absolute Gasteiger partial charge is 0.459 e. The Balaban J connectivity index is 1.65. The molecule has 1 aliphatic rings. The maximum absolute atomic E-state index is 12.1. The molecule has 0 unspecified atom stereocenters. The number of carbonyl (C=O) groups excluding carboxylic acids is 2. The van der Waals surface area contributed by atoms with Crippen LogP contribution in [-0.2, 0) is 16.1 Å². The number of ether oxygens (including phenoxy) is 1. The summed E-state index contributed by atoms with van der Waals surface area (Å²) in [6.07, 6.45) is 4.18. The number of nitrogens with zero attached hydrogens (tertiary/aromatic N) is 4. The number of nitrogens with one attached hydrogen (secondary N) is 1. The van der Waals surface area contributed by atoms with Gasteiger partial charge < -0.3 is 10.1 Å². The summed E-state index contributed by atoms with van der Waals surface area (Å²) in [5.41, 5.74) is 1.07. The Kier molecular flexibility index (Phi) is 5.60. The topological polar surface area (TPSA) is 99.0 Å². The lowest BCUT2D eigenvalue weighted by molar-refractivity contribution is -0.122. The van der Waals surface area contributed by atoms with Crippen LogP contribution in [0, 0.1) is 0 Å².